The van der Waals surface area contributed by atoms with Gasteiger partial charge < -0.3 is 9.64 Å². The van der Waals surface area contributed by atoms with Gasteiger partial charge in [-0.05, 0) is 31.9 Å². The van der Waals surface area contributed by atoms with Crippen LogP contribution in [0.2, 0.25) is 0 Å². The van der Waals surface area contributed by atoms with Gasteiger partial charge in [0.25, 0.3) is 11.8 Å². The minimum Gasteiger partial charge on any atom is -0.478 e. The highest BCUT2D eigenvalue weighted by atomic mass is 19.1. The van der Waals surface area contributed by atoms with Crippen LogP contribution in [-0.4, -0.2) is 41.8 Å². The lowest BCUT2D eigenvalue weighted by molar-refractivity contribution is -0.137. The molecule has 1 unspecified atom stereocenters. The summed E-state index contributed by atoms with van der Waals surface area (Å²) in [4.78, 5) is 37.1. The highest BCUT2D eigenvalue weighted by molar-refractivity contribution is 5.87. The second-order valence-corrected chi connectivity index (χ2v) is 5.85. The lowest BCUT2D eigenvalue weighted by Crippen LogP contribution is -2.50. The molecule has 1 aliphatic heterocycles. The lowest BCUT2D eigenvalue weighted by atomic mass is 10.2. The molecule has 1 saturated heterocycles. The molecule has 7 nitrogen and oxygen atoms in total. The Hall–Kier alpha value is -2.64. The van der Waals surface area contributed by atoms with Gasteiger partial charge in [0, 0.05) is 13.0 Å². The maximum atomic E-state index is 13.5. The molecule has 1 atom stereocenters. The van der Waals surface area contributed by atoms with Crippen LogP contribution in [0, 0.1) is 5.82 Å². The Morgan fingerprint density at radius 2 is 2.00 bits per heavy atom. The minimum absolute atomic E-state index is 0.0494. The smallest absolute Gasteiger partial charge is 0.279 e. The number of hydrazine groups is 1. The number of nitrogens with one attached hydrogen (secondary N) is 2. The fraction of sp³-hybridized carbons (Fsp3) is 0.471. The molecule has 0 bridgehead atoms. The molecular formula is C17H22FN3O4. The molecule has 1 aliphatic rings. The number of hydrogen-bond acceptors (Lipinski definition) is 4. The van der Waals surface area contributed by atoms with Crippen molar-refractivity contribution in [3.63, 3.8) is 0 Å². The first-order valence-electron chi connectivity index (χ1n) is 8.25. The Balaban J connectivity index is 1.77. The van der Waals surface area contributed by atoms with Crippen molar-refractivity contribution in [3.8, 4) is 5.75 Å². The van der Waals surface area contributed by atoms with Gasteiger partial charge in [-0.2, -0.15) is 0 Å². The lowest BCUT2D eigenvalue weighted by Gasteiger charge is -2.20. The second kappa shape index (κ2) is 9.00. The predicted octanol–water partition coefficient (Wildman–Crippen LogP) is 1.14. The van der Waals surface area contributed by atoms with E-state index in [1.165, 1.54) is 30.0 Å². The van der Waals surface area contributed by atoms with Crippen molar-refractivity contribution in [2.75, 3.05) is 13.1 Å². The Labute approximate surface area is 145 Å². The maximum absolute atomic E-state index is 13.5. The maximum Gasteiger partial charge on any atom is 0.279 e. The SMILES string of the molecule is CC(Oc1ccccc1F)C(=O)NNC(=O)CN1CCCCCC1=O. The first-order valence-corrected chi connectivity index (χ1v) is 8.25. The minimum atomic E-state index is -1.00. The van der Waals surface area contributed by atoms with E-state index in [2.05, 4.69) is 10.9 Å². The van der Waals surface area contributed by atoms with Crippen molar-refractivity contribution in [1.82, 2.24) is 15.8 Å². The number of carbonyl (C=O) groups excluding carboxylic acids is 3. The molecule has 2 N–H and O–H groups in total. The highest BCUT2D eigenvalue weighted by Crippen LogP contribution is 2.16. The van der Waals surface area contributed by atoms with E-state index in [0.29, 0.717) is 13.0 Å². The zero-order valence-corrected chi connectivity index (χ0v) is 14.1. The average molecular weight is 351 g/mol. The van der Waals surface area contributed by atoms with Crippen LogP contribution >= 0.6 is 0 Å². The van der Waals surface area contributed by atoms with E-state index in [4.69, 9.17) is 4.74 Å². The van der Waals surface area contributed by atoms with Crippen molar-refractivity contribution in [2.45, 2.75) is 38.7 Å². The highest BCUT2D eigenvalue weighted by Gasteiger charge is 2.21. The summed E-state index contributed by atoms with van der Waals surface area (Å²) in [6.07, 6.45) is 2.09. The molecule has 1 aromatic carbocycles. The van der Waals surface area contributed by atoms with E-state index in [1.807, 2.05) is 0 Å². The monoisotopic (exact) mass is 351 g/mol. The van der Waals surface area contributed by atoms with E-state index in [-0.39, 0.29) is 18.2 Å². The first kappa shape index (κ1) is 18.7. The molecule has 1 heterocycles. The summed E-state index contributed by atoms with van der Waals surface area (Å²) >= 11 is 0. The van der Waals surface area contributed by atoms with Gasteiger partial charge >= 0.3 is 0 Å². The van der Waals surface area contributed by atoms with Gasteiger partial charge in [0.15, 0.2) is 17.7 Å². The molecule has 25 heavy (non-hydrogen) atoms. The van der Waals surface area contributed by atoms with Gasteiger partial charge in [-0.3, -0.25) is 25.2 Å². The van der Waals surface area contributed by atoms with Crippen LogP contribution in [-0.2, 0) is 14.4 Å². The van der Waals surface area contributed by atoms with Crippen LogP contribution < -0.4 is 15.6 Å². The zero-order valence-electron chi connectivity index (χ0n) is 14.1. The summed E-state index contributed by atoms with van der Waals surface area (Å²) in [7, 11) is 0. The summed E-state index contributed by atoms with van der Waals surface area (Å²) in [6.45, 7) is 1.86. The van der Waals surface area contributed by atoms with E-state index < -0.39 is 23.7 Å². The van der Waals surface area contributed by atoms with Crippen LogP contribution in [0.15, 0.2) is 24.3 Å². The summed E-state index contributed by atoms with van der Waals surface area (Å²) in [5, 5.41) is 0. The molecule has 0 saturated carbocycles. The average Bonchev–Trinajstić information content (AvgIpc) is 2.79. The third-order valence-corrected chi connectivity index (χ3v) is 3.84. The fourth-order valence-corrected chi connectivity index (χ4v) is 2.44. The molecule has 3 amide bonds. The van der Waals surface area contributed by atoms with Crippen LogP contribution in [0.4, 0.5) is 4.39 Å². The fourth-order valence-electron chi connectivity index (χ4n) is 2.44. The number of amides is 3. The number of rotatable bonds is 5. The third-order valence-electron chi connectivity index (χ3n) is 3.84. The number of ether oxygens (including phenoxy) is 1. The number of carbonyl (C=O) groups is 3. The molecule has 0 spiro atoms. The number of likely N-dealkylation sites (tertiary alicyclic amines) is 1. The van der Waals surface area contributed by atoms with E-state index in [9.17, 15) is 18.8 Å². The molecule has 0 aromatic heterocycles. The zero-order chi connectivity index (χ0) is 18.2. The summed E-state index contributed by atoms with van der Waals surface area (Å²) in [6, 6.07) is 5.73. The topological polar surface area (TPSA) is 87.7 Å². The van der Waals surface area contributed by atoms with Crippen LogP contribution in [0.3, 0.4) is 0 Å². The molecule has 8 heteroatoms. The molecular weight excluding hydrogens is 329 g/mol. The van der Waals surface area contributed by atoms with Crippen molar-refractivity contribution < 1.29 is 23.5 Å². The quantitative estimate of drug-likeness (QED) is 0.779. The predicted molar refractivity (Wildman–Crippen MR) is 87.8 cm³/mol. The number of benzene rings is 1. The van der Waals surface area contributed by atoms with Gasteiger partial charge in [-0.25, -0.2) is 4.39 Å². The molecule has 2 rings (SSSR count). The number of para-hydroxylation sites is 1. The van der Waals surface area contributed by atoms with E-state index >= 15 is 0 Å². The number of halogens is 1. The summed E-state index contributed by atoms with van der Waals surface area (Å²) in [5.41, 5.74) is 4.46. The summed E-state index contributed by atoms with van der Waals surface area (Å²) in [5.74, 6) is -1.81. The van der Waals surface area contributed by atoms with Gasteiger partial charge in [-0.15, -0.1) is 0 Å². The van der Waals surface area contributed by atoms with Crippen LogP contribution in [0.1, 0.15) is 32.6 Å². The van der Waals surface area contributed by atoms with Crippen molar-refractivity contribution in [2.24, 2.45) is 0 Å². The van der Waals surface area contributed by atoms with Gasteiger partial charge in [0.2, 0.25) is 5.91 Å². The molecule has 0 radical (unpaired) electrons. The van der Waals surface area contributed by atoms with Crippen LogP contribution in [0.25, 0.3) is 0 Å². The Kier molecular flexibility index (Phi) is 6.73. The molecule has 1 aromatic rings. The number of nitrogens with zero attached hydrogens (tertiary/aromatic N) is 1. The van der Waals surface area contributed by atoms with Gasteiger partial charge in [0.05, 0.1) is 0 Å². The largest absolute Gasteiger partial charge is 0.478 e. The van der Waals surface area contributed by atoms with E-state index in [1.54, 1.807) is 6.07 Å². The standard InChI is InChI=1S/C17H22FN3O4/c1-12(25-14-8-5-4-7-13(14)18)17(24)20-19-15(22)11-21-10-6-2-3-9-16(21)23/h4-5,7-8,12H,2-3,6,9-11H2,1H3,(H,19,22)(H,20,24). The Morgan fingerprint density at radius 1 is 1.24 bits per heavy atom. The van der Waals surface area contributed by atoms with Gasteiger partial charge in [0.1, 0.15) is 6.54 Å². The first-order chi connectivity index (χ1) is 12.0. The third kappa shape index (κ3) is 5.74. The number of hydrogen-bond donors (Lipinski definition) is 2. The normalized spacial score (nSPS) is 15.9. The van der Waals surface area contributed by atoms with Crippen molar-refractivity contribution in [3.05, 3.63) is 30.1 Å². The van der Waals surface area contributed by atoms with Crippen LogP contribution in [0.5, 0.6) is 5.75 Å². The van der Waals surface area contributed by atoms with E-state index in [0.717, 1.165) is 19.3 Å². The molecule has 0 aliphatic carbocycles. The Morgan fingerprint density at radius 3 is 2.76 bits per heavy atom. The summed E-state index contributed by atoms with van der Waals surface area (Å²) < 4.78 is 18.7. The van der Waals surface area contributed by atoms with Crippen molar-refractivity contribution in [1.29, 1.82) is 0 Å². The molecule has 1 fully saturated rings. The van der Waals surface area contributed by atoms with Crippen molar-refractivity contribution >= 4 is 17.7 Å². The van der Waals surface area contributed by atoms with Gasteiger partial charge in [-0.1, -0.05) is 18.6 Å². The second-order valence-electron chi connectivity index (χ2n) is 5.85. The molecule has 136 valence electrons. The Bertz CT molecular complexity index is 638.